The van der Waals surface area contributed by atoms with Gasteiger partial charge in [-0.25, -0.2) is 0 Å². The molecule has 110 valence electrons. The van der Waals surface area contributed by atoms with Crippen molar-refractivity contribution in [2.45, 2.75) is 50.2 Å². The maximum atomic E-state index is 2.37. The van der Waals surface area contributed by atoms with Gasteiger partial charge in [-0.1, -0.05) is 86.1 Å². The minimum Gasteiger partial charge on any atom is -0.0657 e. The van der Waals surface area contributed by atoms with Crippen molar-refractivity contribution in [1.29, 1.82) is 0 Å². The number of benzene rings is 2. The van der Waals surface area contributed by atoms with Crippen LogP contribution in [0, 0.1) is 0 Å². The van der Waals surface area contributed by atoms with Gasteiger partial charge in [-0.2, -0.15) is 0 Å². The highest BCUT2D eigenvalue weighted by Crippen LogP contribution is 2.39. The predicted molar refractivity (Wildman–Crippen MR) is 95.7 cm³/mol. The van der Waals surface area contributed by atoms with Crippen LogP contribution in [-0.2, 0) is 0 Å². The van der Waals surface area contributed by atoms with Crippen LogP contribution in [0.1, 0.15) is 37.7 Å². The van der Waals surface area contributed by atoms with Crippen molar-refractivity contribution >= 4 is 8.80 Å². The van der Waals surface area contributed by atoms with Gasteiger partial charge >= 0.3 is 0 Å². The first-order valence-electron chi connectivity index (χ1n) is 8.53. The van der Waals surface area contributed by atoms with Crippen molar-refractivity contribution in [3.63, 3.8) is 0 Å². The van der Waals surface area contributed by atoms with Crippen molar-refractivity contribution < 1.29 is 0 Å². The van der Waals surface area contributed by atoms with Gasteiger partial charge in [0.15, 0.2) is 0 Å². The van der Waals surface area contributed by atoms with Crippen LogP contribution in [-0.4, -0.2) is 8.80 Å². The van der Waals surface area contributed by atoms with Crippen LogP contribution >= 0.6 is 0 Å². The molecule has 21 heavy (non-hydrogen) atoms. The second kappa shape index (κ2) is 7.08. The molecule has 0 aromatic heterocycles. The van der Waals surface area contributed by atoms with Crippen LogP contribution in [0.15, 0.2) is 54.6 Å². The Hall–Kier alpha value is -1.34. The lowest BCUT2D eigenvalue weighted by Crippen LogP contribution is -2.20. The van der Waals surface area contributed by atoms with Gasteiger partial charge in [-0.3, -0.25) is 0 Å². The molecule has 1 aliphatic rings. The third-order valence-corrected chi connectivity index (χ3v) is 8.72. The highest BCUT2D eigenvalue weighted by atomic mass is 28.3. The molecule has 1 saturated heterocycles. The number of hydrogen-bond acceptors (Lipinski definition) is 0. The minimum atomic E-state index is -0.378. The topological polar surface area (TPSA) is 0 Å². The SMILES string of the molecule is CCC[SiH]1CCC(c2ccccc2-c2ccccc2)CC1. The highest BCUT2D eigenvalue weighted by molar-refractivity contribution is 6.59. The molecule has 0 saturated carbocycles. The zero-order valence-electron chi connectivity index (χ0n) is 13.1. The second-order valence-corrected chi connectivity index (χ2v) is 9.92. The summed E-state index contributed by atoms with van der Waals surface area (Å²) >= 11 is 0. The van der Waals surface area contributed by atoms with E-state index in [9.17, 15) is 0 Å². The smallest absolute Gasteiger partial charge is 0.0368 e. The molecule has 0 spiro atoms. The third kappa shape index (κ3) is 3.46. The molecular weight excluding hydrogens is 268 g/mol. The molecule has 0 N–H and O–H groups in total. The molecule has 1 heteroatoms. The molecule has 1 heterocycles. The quantitative estimate of drug-likeness (QED) is 0.619. The van der Waals surface area contributed by atoms with Crippen molar-refractivity contribution in [3.05, 3.63) is 60.2 Å². The lowest BCUT2D eigenvalue weighted by molar-refractivity contribution is 0.607. The average molecular weight is 295 g/mol. The third-order valence-electron chi connectivity index (χ3n) is 5.03. The zero-order valence-corrected chi connectivity index (χ0v) is 14.2. The Labute approximate surface area is 130 Å². The van der Waals surface area contributed by atoms with Crippen molar-refractivity contribution in [1.82, 2.24) is 0 Å². The van der Waals surface area contributed by atoms with Crippen LogP contribution in [0.4, 0.5) is 0 Å². The molecule has 0 bridgehead atoms. The Balaban J connectivity index is 1.81. The van der Waals surface area contributed by atoms with E-state index in [1.807, 2.05) is 0 Å². The molecule has 0 nitrogen and oxygen atoms in total. The van der Waals surface area contributed by atoms with Gasteiger partial charge in [0.05, 0.1) is 0 Å². The highest BCUT2D eigenvalue weighted by Gasteiger charge is 2.24. The number of hydrogen-bond donors (Lipinski definition) is 0. The van der Waals surface area contributed by atoms with Crippen LogP contribution in [0.2, 0.25) is 18.1 Å². The fraction of sp³-hybridized carbons (Fsp3) is 0.400. The van der Waals surface area contributed by atoms with E-state index in [-0.39, 0.29) is 8.80 Å². The summed E-state index contributed by atoms with van der Waals surface area (Å²) in [5.41, 5.74) is 4.42. The van der Waals surface area contributed by atoms with E-state index in [4.69, 9.17) is 0 Å². The zero-order chi connectivity index (χ0) is 14.5. The average Bonchev–Trinajstić information content (AvgIpc) is 2.57. The Morgan fingerprint density at radius 2 is 1.57 bits per heavy atom. The van der Waals surface area contributed by atoms with E-state index in [2.05, 4.69) is 61.5 Å². The first-order chi connectivity index (χ1) is 10.4. The lowest BCUT2D eigenvalue weighted by Gasteiger charge is -2.29. The van der Waals surface area contributed by atoms with Gasteiger partial charge in [0.2, 0.25) is 0 Å². The molecular formula is C20H26Si. The minimum absolute atomic E-state index is 0.378. The van der Waals surface area contributed by atoms with Gasteiger partial charge in [0, 0.05) is 8.80 Å². The first kappa shape index (κ1) is 14.6. The molecule has 0 atom stereocenters. The fourth-order valence-electron chi connectivity index (χ4n) is 3.90. The van der Waals surface area contributed by atoms with Crippen LogP contribution in [0.25, 0.3) is 11.1 Å². The summed E-state index contributed by atoms with van der Waals surface area (Å²) < 4.78 is 0. The molecule has 1 aliphatic heterocycles. The molecule has 1 fully saturated rings. The van der Waals surface area contributed by atoms with E-state index in [1.165, 1.54) is 30.4 Å². The predicted octanol–water partition coefficient (Wildman–Crippen LogP) is 5.87. The monoisotopic (exact) mass is 294 g/mol. The summed E-state index contributed by atoms with van der Waals surface area (Å²) in [5, 5.41) is 0. The Morgan fingerprint density at radius 1 is 0.905 bits per heavy atom. The standard InChI is InChI=1S/C20H26Si/c1-2-14-21-15-12-18(13-16-21)20-11-7-6-10-19(20)17-8-4-3-5-9-17/h3-11,18,21H,2,12-16H2,1H3. The van der Waals surface area contributed by atoms with E-state index in [0.717, 1.165) is 5.92 Å². The van der Waals surface area contributed by atoms with E-state index < -0.39 is 0 Å². The summed E-state index contributed by atoms with van der Waals surface area (Å²) in [6, 6.07) is 24.7. The summed E-state index contributed by atoms with van der Waals surface area (Å²) in [5.74, 6) is 0.794. The largest absolute Gasteiger partial charge is 0.0657 e. The summed E-state index contributed by atoms with van der Waals surface area (Å²) in [6.07, 6.45) is 4.27. The lowest BCUT2D eigenvalue weighted by atomic mass is 9.87. The molecule has 0 unspecified atom stereocenters. The Bertz CT molecular complexity index is 553. The Morgan fingerprint density at radius 3 is 2.29 bits per heavy atom. The van der Waals surface area contributed by atoms with Gasteiger partial charge in [-0.05, 0) is 35.4 Å². The fourth-order valence-corrected chi connectivity index (χ4v) is 7.33. The van der Waals surface area contributed by atoms with E-state index >= 15 is 0 Å². The van der Waals surface area contributed by atoms with Crippen molar-refractivity contribution in [2.75, 3.05) is 0 Å². The van der Waals surface area contributed by atoms with Gasteiger partial charge in [0.1, 0.15) is 0 Å². The maximum Gasteiger partial charge on any atom is 0.0368 e. The molecule has 0 aliphatic carbocycles. The summed E-state index contributed by atoms with van der Waals surface area (Å²) in [7, 11) is -0.378. The molecule has 2 aromatic rings. The van der Waals surface area contributed by atoms with Gasteiger partial charge < -0.3 is 0 Å². The molecule has 3 rings (SSSR count). The van der Waals surface area contributed by atoms with Crippen LogP contribution in [0.5, 0.6) is 0 Å². The summed E-state index contributed by atoms with van der Waals surface area (Å²) in [4.78, 5) is 0. The second-order valence-electron chi connectivity index (χ2n) is 6.46. The number of rotatable bonds is 4. The van der Waals surface area contributed by atoms with Crippen LogP contribution < -0.4 is 0 Å². The van der Waals surface area contributed by atoms with Crippen LogP contribution in [0.3, 0.4) is 0 Å². The first-order valence-corrected chi connectivity index (χ1v) is 11.0. The van der Waals surface area contributed by atoms with Gasteiger partial charge in [0.25, 0.3) is 0 Å². The molecule has 0 radical (unpaired) electrons. The van der Waals surface area contributed by atoms with Gasteiger partial charge in [-0.15, -0.1) is 0 Å². The molecule has 0 amide bonds. The van der Waals surface area contributed by atoms with E-state index in [1.54, 1.807) is 23.7 Å². The van der Waals surface area contributed by atoms with E-state index in [0.29, 0.717) is 0 Å². The van der Waals surface area contributed by atoms with Crippen molar-refractivity contribution in [3.8, 4) is 11.1 Å². The molecule has 2 aromatic carbocycles. The normalized spacial score (nSPS) is 22.1. The van der Waals surface area contributed by atoms with Crippen molar-refractivity contribution in [2.24, 2.45) is 0 Å². The maximum absolute atomic E-state index is 2.37. The summed E-state index contributed by atoms with van der Waals surface area (Å²) in [6.45, 7) is 2.35. The Kier molecular flexibility index (Phi) is 4.92.